The average molecular weight is 281 g/mol. The van der Waals surface area contributed by atoms with Gasteiger partial charge >= 0.3 is 0 Å². The molecule has 2 aromatic heterocycles. The second kappa shape index (κ2) is 5.58. The fourth-order valence-corrected chi connectivity index (χ4v) is 2.01. The van der Waals surface area contributed by atoms with Crippen molar-refractivity contribution in [2.45, 2.75) is 6.54 Å². The van der Waals surface area contributed by atoms with Crippen LogP contribution in [0.4, 0.5) is 0 Å². The first kappa shape index (κ1) is 13.1. The van der Waals surface area contributed by atoms with E-state index in [1.54, 1.807) is 53.7 Å². The first-order valence-electron chi connectivity index (χ1n) is 6.44. The van der Waals surface area contributed by atoms with E-state index in [1.807, 2.05) is 6.07 Å². The Kier molecular flexibility index (Phi) is 3.47. The number of nitrogens with zero attached hydrogens (tertiary/aromatic N) is 2. The van der Waals surface area contributed by atoms with Crippen LogP contribution in [0, 0.1) is 0 Å². The topological polar surface area (TPSA) is 67.2 Å². The Morgan fingerprint density at radius 1 is 1.19 bits per heavy atom. The van der Waals surface area contributed by atoms with Crippen LogP contribution in [-0.2, 0) is 6.54 Å². The fraction of sp³-hybridized carbons (Fsp3) is 0.0625. The van der Waals surface area contributed by atoms with Gasteiger partial charge in [-0.25, -0.2) is 4.57 Å². The van der Waals surface area contributed by atoms with Crippen LogP contribution in [0.5, 0.6) is 5.75 Å². The molecule has 5 heteroatoms. The van der Waals surface area contributed by atoms with Gasteiger partial charge in [-0.15, -0.1) is 0 Å². The van der Waals surface area contributed by atoms with Crippen LogP contribution in [0.25, 0.3) is 11.5 Å². The predicted molar refractivity (Wildman–Crippen MR) is 74.6 cm³/mol. The molecule has 0 aliphatic rings. The van der Waals surface area contributed by atoms with E-state index >= 15 is 0 Å². The lowest BCUT2D eigenvalue weighted by atomic mass is 10.1. The van der Waals surface area contributed by atoms with E-state index in [9.17, 15) is 9.90 Å². The Morgan fingerprint density at radius 2 is 2.05 bits per heavy atom. The number of Topliss-reactive ketones (excluding diaryl/α,β-unsaturated/α-hetero) is 1. The number of phenolic OH excluding ortho intramolecular Hbond substituents is 1. The lowest BCUT2D eigenvalue weighted by molar-refractivity contribution is -0.686. The van der Waals surface area contributed by atoms with E-state index in [-0.39, 0.29) is 18.1 Å². The highest BCUT2D eigenvalue weighted by atomic mass is 16.3. The zero-order valence-corrected chi connectivity index (χ0v) is 11.1. The molecule has 2 heterocycles. The van der Waals surface area contributed by atoms with Crippen LogP contribution in [0.15, 0.2) is 65.7 Å². The number of hydrogen-bond acceptors (Lipinski definition) is 4. The van der Waals surface area contributed by atoms with Gasteiger partial charge in [0.15, 0.2) is 12.3 Å². The van der Waals surface area contributed by atoms with Crippen LogP contribution < -0.4 is 4.57 Å². The van der Waals surface area contributed by atoms with E-state index in [4.69, 9.17) is 4.42 Å². The van der Waals surface area contributed by atoms with Crippen molar-refractivity contribution in [2.24, 2.45) is 0 Å². The molecule has 104 valence electrons. The molecule has 0 spiro atoms. The number of benzene rings is 1. The highest BCUT2D eigenvalue weighted by Crippen LogP contribution is 2.17. The van der Waals surface area contributed by atoms with E-state index in [2.05, 4.69) is 4.98 Å². The van der Waals surface area contributed by atoms with Crippen molar-refractivity contribution in [3.05, 3.63) is 66.8 Å². The maximum Gasteiger partial charge on any atom is 0.287 e. The maximum absolute atomic E-state index is 12.1. The summed E-state index contributed by atoms with van der Waals surface area (Å²) < 4.78 is 6.91. The average Bonchev–Trinajstić information content (AvgIpc) is 3.02. The molecule has 0 amide bonds. The van der Waals surface area contributed by atoms with Crippen molar-refractivity contribution in [1.82, 2.24) is 4.98 Å². The Labute approximate surface area is 121 Å². The van der Waals surface area contributed by atoms with Gasteiger partial charge in [-0.3, -0.25) is 4.79 Å². The van der Waals surface area contributed by atoms with Gasteiger partial charge in [0, 0.05) is 6.07 Å². The van der Waals surface area contributed by atoms with Gasteiger partial charge in [-0.1, -0.05) is 12.1 Å². The van der Waals surface area contributed by atoms with Crippen LogP contribution >= 0.6 is 0 Å². The molecular weight excluding hydrogens is 268 g/mol. The molecular formula is C16H13N2O3+. The quantitative estimate of drug-likeness (QED) is 0.588. The minimum absolute atomic E-state index is 0.0109. The minimum Gasteiger partial charge on any atom is -0.507 e. The van der Waals surface area contributed by atoms with Crippen molar-refractivity contribution >= 4 is 5.78 Å². The molecule has 3 rings (SSSR count). The van der Waals surface area contributed by atoms with E-state index in [0.29, 0.717) is 17.0 Å². The molecule has 3 aromatic rings. The second-order valence-electron chi connectivity index (χ2n) is 4.54. The molecule has 5 nitrogen and oxygen atoms in total. The Morgan fingerprint density at radius 3 is 2.71 bits per heavy atom. The summed E-state index contributed by atoms with van der Waals surface area (Å²) in [6, 6.07) is 11.9. The first-order valence-corrected chi connectivity index (χ1v) is 6.44. The zero-order valence-electron chi connectivity index (χ0n) is 11.1. The molecule has 0 unspecified atom stereocenters. The highest BCUT2D eigenvalue weighted by Gasteiger charge is 2.15. The van der Waals surface area contributed by atoms with Gasteiger partial charge in [0.1, 0.15) is 5.75 Å². The van der Waals surface area contributed by atoms with Crippen LogP contribution in [0.1, 0.15) is 10.4 Å². The SMILES string of the molecule is O=C(C[n+]1ccc(-c2ccco2)nc1)c1ccccc1O. The highest BCUT2D eigenvalue weighted by molar-refractivity contribution is 5.97. The molecule has 0 saturated heterocycles. The fourth-order valence-electron chi connectivity index (χ4n) is 2.01. The van der Waals surface area contributed by atoms with Crippen LogP contribution in [0.3, 0.4) is 0 Å². The van der Waals surface area contributed by atoms with Crippen molar-refractivity contribution in [3.8, 4) is 17.2 Å². The third kappa shape index (κ3) is 2.81. The molecule has 0 bridgehead atoms. The molecule has 0 radical (unpaired) electrons. The standard InChI is InChI=1S/C16H12N2O3/c19-14-5-2-1-4-12(14)15(20)10-18-8-7-13(17-11-18)16-6-3-9-21-16/h1-9,11H,10H2/p+1. The molecule has 0 atom stereocenters. The molecule has 1 N–H and O–H groups in total. The summed E-state index contributed by atoms with van der Waals surface area (Å²) in [6.45, 7) is 0.114. The summed E-state index contributed by atoms with van der Waals surface area (Å²) in [5.74, 6) is 0.489. The Balaban J connectivity index is 1.77. The van der Waals surface area contributed by atoms with Crippen molar-refractivity contribution in [3.63, 3.8) is 0 Å². The van der Waals surface area contributed by atoms with Gasteiger partial charge in [0.25, 0.3) is 6.33 Å². The van der Waals surface area contributed by atoms with Gasteiger partial charge in [0.05, 0.1) is 18.0 Å². The smallest absolute Gasteiger partial charge is 0.287 e. The summed E-state index contributed by atoms with van der Waals surface area (Å²) in [4.78, 5) is 16.4. The molecule has 0 fully saturated rings. The summed E-state index contributed by atoms with van der Waals surface area (Å²) in [5, 5.41) is 9.67. The number of rotatable bonds is 4. The number of para-hydroxylation sites is 1. The molecule has 1 aromatic carbocycles. The number of phenols is 1. The number of carbonyl (C=O) groups excluding carboxylic acids is 1. The van der Waals surface area contributed by atoms with Gasteiger partial charge < -0.3 is 9.52 Å². The zero-order chi connectivity index (χ0) is 14.7. The number of carbonyl (C=O) groups is 1. The number of aromatic nitrogens is 2. The van der Waals surface area contributed by atoms with Crippen LogP contribution in [0.2, 0.25) is 0 Å². The molecule has 21 heavy (non-hydrogen) atoms. The van der Waals surface area contributed by atoms with Crippen molar-refractivity contribution in [1.29, 1.82) is 0 Å². The Bertz CT molecular complexity index is 749. The predicted octanol–water partition coefficient (Wildman–Crippen LogP) is 2.22. The number of ketones is 1. The number of furan rings is 1. The molecule has 0 aliphatic carbocycles. The lowest BCUT2D eigenvalue weighted by Crippen LogP contribution is -2.37. The minimum atomic E-state index is -0.175. The van der Waals surface area contributed by atoms with Crippen LogP contribution in [-0.4, -0.2) is 15.9 Å². The number of aromatic hydroxyl groups is 1. The first-order chi connectivity index (χ1) is 10.2. The molecule has 0 aliphatic heterocycles. The summed E-state index contributed by atoms with van der Waals surface area (Å²) in [5.41, 5.74) is 1.01. The van der Waals surface area contributed by atoms with E-state index < -0.39 is 0 Å². The largest absolute Gasteiger partial charge is 0.507 e. The Hall–Kier alpha value is -2.95. The summed E-state index contributed by atoms with van der Waals surface area (Å²) in [7, 11) is 0. The van der Waals surface area contributed by atoms with E-state index in [0.717, 1.165) is 0 Å². The maximum atomic E-state index is 12.1. The van der Waals surface area contributed by atoms with Crippen molar-refractivity contribution in [2.75, 3.05) is 0 Å². The van der Waals surface area contributed by atoms with Gasteiger partial charge in [-0.05, 0) is 29.2 Å². The second-order valence-corrected chi connectivity index (χ2v) is 4.54. The van der Waals surface area contributed by atoms with Gasteiger partial charge in [0.2, 0.25) is 11.5 Å². The monoisotopic (exact) mass is 281 g/mol. The number of hydrogen-bond donors (Lipinski definition) is 1. The normalized spacial score (nSPS) is 10.5. The van der Waals surface area contributed by atoms with Gasteiger partial charge in [-0.2, -0.15) is 0 Å². The third-order valence-electron chi connectivity index (χ3n) is 3.07. The van der Waals surface area contributed by atoms with E-state index in [1.165, 1.54) is 6.07 Å². The third-order valence-corrected chi connectivity index (χ3v) is 3.07. The summed E-state index contributed by atoms with van der Waals surface area (Å²) in [6.07, 6.45) is 4.90. The summed E-state index contributed by atoms with van der Waals surface area (Å²) >= 11 is 0. The lowest BCUT2D eigenvalue weighted by Gasteiger charge is -2.02. The van der Waals surface area contributed by atoms with Crippen molar-refractivity contribution < 1.29 is 18.9 Å². The molecule has 0 saturated carbocycles.